The van der Waals surface area contributed by atoms with Gasteiger partial charge >= 0.3 is 0 Å². The Morgan fingerprint density at radius 2 is 1.85 bits per heavy atom. The minimum absolute atomic E-state index is 0.593. The van der Waals surface area contributed by atoms with E-state index in [1.165, 1.54) is 24.8 Å². The van der Waals surface area contributed by atoms with Crippen LogP contribution < -0.4 is 14.8 Å². The predicted molar refractivity (Wildman–Crippen MR) is 84.9 cm³/mol. The lowest BCUT2D eigenvalue weighted by Gasteiger charge is -2.18. The molecule has 0 fully saturated rings. The minimum atomic E-state index is 0.593. The highest BCUT2D eigenvalue weighted by Crippen LogP contribution is 2.25. The lowest BCUT2D eigenvalue weighted by molar-refractivity contribution is 0.394. The van der Waals surface area contributed by atoms with Gasteiger partial charge in [0.2, 0.25) is 0 Å². The molecule has 0 aliphatic carbocycles. The van der Waals surface area contributed by atoms with Crippen molar-refractivity contribution in [2.75, 3.05) is 20.8 Å². The van der Waals surface area contributed by atoms with E-state index < -0.39 is 0 Å². The second-order valence-corrected chi connectivity index (χ2v) is 5.16. The van der Waals surface area contributed by atoms with Gasteiger partial charge in [-0.25, -0.2) is 0 Å². The van der Waals surface area contributed by atoms with Gasteiger partial charge in [0, 0.05) is 6.04 Å². The van der Waals surface area contributed by atoms with Gasteiger partial charge < -0.3 is 14.8 Å². The van der Waals surface area contributed by atoms with Gasteiger partial charge in [-0.3, -0.25) is 0 Å². The summed E-state index contributed by atoms with van der Waals surface area (Å²) in [5.74, 6) is 1.85. The van der Waals surface area contributed by atoms with E-state index >= 15 is 0 Å². The summed E-state index contributed by atoms with van der Waals surface area (Å²) >= 11 is 0. The smallest absolute Gasteiger partial charge is 0.122 e. The maximum Gasteiger partial charge on any atom is 0.122 e. The highest BCUT2D eigenvalue weighted by Gasteiger charge is 2.10. The first-order valence-electron chi connectivity index (χ1n) is 7.69. The van der Waals surface area contributed by atoms with Gasteiger partial charge in [0.15, 0.2) is 0 Å². The molecule has 0 heterocycles. The maximum absolute atomic E-state index is 5.44. The van der Waals surface area contributed by atoms with E-state index in [2.05, 4.69) is 25.2 Å². The molecule has 20 heavy (non-hydrogen) atoms. The van der Waals surface area contributed by atoms with Crippen molar-refractivity contribution < 1.29 is 9.47 Å². The number of hydrogen-bond donors (Lipinski definition) is 1. The molecular weight excluding hydrogens is 250 g/mol. The van der Waals surface area contributed by atoms with Crippen LogP contribution in [0.5, 0.6) is 11.5 Å². The molecule has 0 radical (unpaired) electrons. The first-order valence-corrected chi connectivity index (χ1v) is 7.69. The summed E-state index contributed by atoms with van der Waals surface area (Å²) in [5.41, 5.74) is 1.23. The minimum Gasteiger partial charge on any atom is -0.497 e. The van der Waals surface area contributed by atoms with E-state index in [1.54, 1.807) is 14.2 Å². The molecule has 114 valence electrons. The second-order valence-electron chi connectivity index (χ2n) is 5.16. The van der Waals surface area contributed by atoms with Crippen LogP contribution in [0, 0.1) is 0 Å². The summed E-state index contributed by atoms with van der Waals surface area (Å²) in [4.78, 5) is 0. The monoisotopic (exact) mass is 279 g/mol. The van der Waals surface area contributed by atoms with Crippen molar-refractivity contribution >= 4 is 0 Å². The van der Waals surface area contributed by atoms with E-state index in [-0.39, 0.29) is 0 Å². The number of nitrogens with one attached hydrogen (secondary N) is 1. The van der Waals surface area contributed by atoms with Crippen LogP contribution in [0.1, 0.15) is 45.1 Å². The summed E-state index contributed by atoms with van der Waals surface area (Å²) in [6.45, 7) is 5.55. The summed E-state index contributed by atoms with van der Waals surface area (Å²) in [6.07, 6.45) is 5.78. The first-order chi connectivity index (χ1) is 9.74. The molecule has 1 aromatic carbocycles. The number of aryl methyl sites for hydroxylation is 1. The Hall–Kier alpha value is -1.22. The average Bonchev–Trinajstić information content (AvgIpc) is 2.49. The summed E-state index contributed by atoms with van der Waals surface area (Å²) in [6, 6.07) is 6.61. The fourth-order valence-electron chi connectivity index (χ4n) is 2.45. The largest absolute Gasteiger partial charge is 0.497 e. The topological polar surface area (TPSA) is 30.5 Å². The van der Waals surface area contributed by atoms with E-state index in [4.69, 9.17) is 9.47 Å². The molecule has 0 aliphatic rings. The van der Waals surface area contributed by atoms with Crippen LogP contribution in [0.4, 0.5) is 0 Å². The lowest BCUT2D eigenvalue weighted by Crippen LogP contribution is -2.30. The molecule has 1 N–H and O–H groups in total. The number of rotatable bonds is 10. The fourth-order valence-corrected chi connectivity index (χ4v) is 2.45. The Bertz CT molecular complexity index is 379. The Kier molecular flexibility index (Phi) is 8.12. The van der Waals surface area contributed by atoms with Crippen LogP contribution in [0.15, 0.2) is 18.2 Å². The van der Waals surface area contributed by atoms with Crippen molar-refractivity contribution in [3.05, 3.63) is 23.8 Å². The molecule has 3 nitrogen and oxygen atoms in total. The molecule has 0 bridgehead atoms. The lowest BCUT2D eigenvalue weighted by atomic mass is 10.0. The predicted octanol–water partition coefficient (Wildman–Crippen LogP) is 3.80. The molecule has 0 amide bonds. The van der Waals surface area contributed by atoms with Crippen molar-refractivity contribution in [1.29, 1.82) is 0 Å². The third-order valence-electron chi connectivity index (χ3n) is 3.57. The highest BCUT2D eigenvalue weighted by atomic mass is 16.5. The van der Waals surface area contributed by atoms with Gasteiger partial charge in [-0.15, -0.1) is 0 Å². The van der Waals surface area contributed by atoms with Gasteiger partial charge in [-0.05, 0) is 56.0 Å². The van der Waals surface area contributed by atoms with Crippen molar-refractivity contribution in [2.24, 2.45) is 0 Å². The van der Waals surface area contributed by atoms with Crippen LogP contribution in [-0.2, 0) is 6.42 Å². The van der Waals surface area contributed by atoms with E-state index in [0.717, 1.165) is 30.9 Å². The van der Waals surface area contributed by atoms with Crippen LogP contribution in [-0.4, -0.2) is 26.8 Å². The first kappa shape index (κ1) is 16.8. The zero-order valence-electron chi connectivity index (χ0n) is 13.4. The Morgan fingerprint density at radius 1 is 1.05 bits per heavy atom. The van der Waals surface area contributed by atoms with E-state index in [9.17, 15) is 0 Å². The molecule has 1 rings (SSSR count). The van der Waals surface area contributed by atoms with E-state index in [0.29, 0.717) is 6.04 Å². The molecule has 1 aromatic rings. The number of methoxy groups -OCH3 is 2. The zero-order valence-corrected chi connectivity index (χ0v) is 13.4. The Morgan fingerprint density at radius 3 is 2.45 bits per heavy atom. The van der Waals surface area contributed by atoms with Crippen LogP contribution in [0.25, 0.3) is 0 Å². The molecule has 0 aromatic heterocycles. The van der Waals surface area contributed by atoms with Crippen LogP contribution >= 0.6 is 0 Å². The molecule has 0 saturated heterocycles. The van der Waals surface area contributed by atoms with Crippen molar-refractivity contribution in [3.8, 4) is 11.5 Å². The third-order valence-corrected chi connectivity index (χ3v) is 3.57. The van der Waals surface area contributed by atoms with Gasteiger partial charge in [-0.2, -0.15) is 0 Å². The molecule has 1 atom stereocenters. The molecule has 0 aliphatic heterocycles. The standard InChI is InChI=1S/C17H29NO2/c1-5-7-15(18-12-6-2)9-8-14-13-16(19-3)10-11-17(14)20-4/h10-11,13,15,18H,5-9,12H2,1-4H3. The quantitative estimate of drug-likeness (QED) is 0.706. The van der Waals surface area contributed by atoms with Crippen molar-refractivity contribution in [3.63, 3.8) is 0 Å². The van der Waals surface area contributed by atoms with Crippen LogP contribution in [0.3, 0.4) is 0 Å². The maximum atomic E-state index is 5.44. The molecular formula is C17H29NO2. The fraction of sp³-hybridized carbons (Fsp3) is 0.647. The Labute approximate surface area is 123 Å². The molecule has 0 saturated carbocycles. The highest BCUT2D eigenvalue weighted by molar-refractivity contribution is 5.40. The Balaban J connectivity index is 2.65. The van der Waals surface area contributed by atoms with Gasteiger partial charge in [-0.1, -0.05) is 20.3 Å². The average molecular weight is 279 g/mol. The summed E-state index contributed by atoms with van der Waals surface area (Å²) < 4.78 is 10.7. The number of ether oxygens (including phenoxy) is 2. The second kappa shape index (κ2) is 9.65. The molecule has 1 unspecified atom stereocenters. The molecule has 3 heteroatoms. The SMILES string of the molecule is CCCNC(CCC)CCc1cc(OC)ccc1OC. The normalized spacial score (nSPS) is 12.2. The van der Waals surface area contributed by atoms with Crippen molar-refractivity contribution in [2.45, 2.75) is 52.0 Å². The number of hydrogen-bond acceptors (Lipinski definition) is 3. The van der Waals surface area contributed by atoms with E-state index in [1.807, 2.05) is 12.1 Å². The zero-order chi connectivity index (χ0) is 14.8. The number of benzene rings is 1. The van der Waals surface area contributed by atoms with Gasteiger partial charge in [0.05, 0.1) is 14.2 Å². The van der Waals surface area contributed by atoms with Gasteiger partial charge in [0.25, 0.3) is 0 Å². The summed E-state index contributed by atoms with van der Waals surface area (Å²) in [7, 11) is 3.43. The molecule has 0 spiro atoms. The summed E-state index contributed by atoms with van der Waals surface area (Å²) in [5, 5.41) is 3.63. The van der Waals surface area contributed by atoms with Gasteiger partial charge in [0.1, 0.15) is 11.5 Å². The third kappa shape index (κ3) is 5.41. The van der Waals surface area contributed by atoms with Crippen LogP contribution in [0.2, 0.25) is 0 Å². The van der Waals surface area contributed by atoms with Crippen molar-refractivity contribution in [1.82, 2.24) is 5.32 Å².